The molecule has 1 unspecified atom stereocenters. The smallest absolute Gasteiger partial charge is 0.317 e. The van der Waals surface area contributed by atoms with Gasteiger partial charge in [-0.2, -0.15) is 0 Å². The van der Waals surface area contributed by atoms with E-state index in [1.165, 1.54) is 0 Å². The quantitative estimate of drug-likeness (QED) is 0.915. The van der Waals surface area contributed by atoms with Gasteiger partial charge < -0.3 is 19.5 Å². The van der Waals surface area contributed by atoms with Crippen molar-refractivity contribution in [3.05, 3.63) is 49.1 Å². The molecule has 1 aliphatic heterocycles. The standard InChI is InChI=1S/C16H20N4O2/c21-16(18-8-11-19-10-7-17-13-19)20-9-6-15(12-20)22-14-4-2-1-3-5-14/h1-5,7,10,13,15H,6,8-9,11-12H2,(H,18,21). The molecule has 0 spiro atoms. The normalized spacial score (nSPS) is 17.5. The number of imidazole rings is 1. The van der Waals surface area contributed by atoms with E-state index in [0.717, 1.165) is 25.3 Å². The van der Waals surface area contributed by atoms with Crippen LogP contribution in [0.5, 0.6) is 5.75 Å². The van der Waals surface area contributed by atoms with E-state index in [0.29, 0.717) is 13.1 Å². The van der Waals surface area contributed by atoms with E-state index in [1.807, 2.05) is 46.0 Å². The summed E-state index contributed by atoms with van der Waals surface area (Å²) in [5, 5.41) is 2.93. The average molecular weight is 300 g/mol. The number of carbonyl (C=O) groups is 1. The molecule has 2 amide bonds. The van der Waals surface area contributed by atoms with Crippen LogP contribution in [0.1, 0.15) is 6.42 Å². The van der Waals surface area contributed by atoms with Crippen molar-refractivity contribution in [3.63, 3.8) is 0 Å². The minimum absolute atomic E-state index is 0.0284. The lowest BCUT2D eigenvalue weighted by Crippen LogP contribution is -2.40. The van der Waals surface area contributed by atoms with Crippen LogP contribution in [0.25, 0.3) is 0 Å². The van der Waals surface area contributed by atoms with Crippen LogP contribution in [0.4, 0.5) is 4.79 Å². The Hall–Kier alpha value is -2.50. The average Bonchev–Trinajstić information content (AvgIpc) is 3.20. The van der Waals surface area contributed by atoms with E-state index in [9.17, 15) is 4.79 Å². The van der Waals surface area contributed by atoms with Gasteiger partial charge in [0.15, 0.2) is 0 Å². The summed E-state index contributed by atoms with van der Waals surface area (Å²) < 4.78 is 7.82. The maximum Gasteiger partial charge on any atom is 0.317 e. The van der Waals surface area contributed by atoms with Gasteiger partial charge in [0.25, 0.3) is 0 Å². The van der Waals surface area contributed by atoms with Crippen LogP contribution in [0, 0.1) is 0 Å². The number of amides is 2. The van der Waals surface area contributed by atoms with Gasteiger partial charge in [-0.05, 0) is 12.1 Å². The van der Waals surface area contributed by atoms with Gasteiger partial charge >= 0.3 is 6.03 Å². The van der Waals surface area contributed by atoms with E-state index in [-0.39, 0.29) is 12.1 Å². The molecule has 1 aliphatic rings. The Balaban J connectivity index is 1.41. The third kappa shape index (κ3) is 3.78. The van der Waals surface area contributed by atoms with Crippen LogP contribution < -0.4 is 10.1 Å². The van der Waals surface area contributed by atoms with Crippen molar-refractivity contribution in [3.8, 4) is 5.75 Å². The molecule has 1 N–H and O–H groups in total. The minimum atomic E-state index is -0.0284. The van der Waals surface area contributed by atoms with Crippen LogP contribution in [0.15, 0.2) is 49.1 Å². The Morgan fingerprint density at radius 2 is 2.23 bits per heavy atom. The second-order valence-corrected chi connectivity index (χ2v) is 5.32. The second-order valence-electron chi connectivity index (χ2n) is 5.32. The number of ether oxygens (including phenoxy) is 1. The maximum atomic E-state index is 12.1. The summed E-state index contributed by atoms with van der Waals surface area (Å²) in [6.07, 6.45) is 6.29. The van der Waals surface area contributed by atoms with Crippen molar-refractivity contribution in [1.82, 2.24) is 19.8 Å². The number of nitrogens with zero attached hydrogens (tertiary/aromatic N) is 3. The lowest BCUT2D eigenvalue weighted by Gasteiger charge is -2.18. The highest BCUT2D eigenvalue weighted by Gasteiger charge is 2.27. The van der Waals surface area contributed by atoms with Crippen LogP contribution in [0.2, 0.25) is 0 Å². The van der Waals surface area contributed by atoms with E-state index >= 15 is 0 Å². The van der Waals surface area contributed by atoms with E-state index in [1.54, 1.807) is 12.5 Å². The number of benzene rings is 1. The van der Waals surface area contributed by atoms with E-state index in [2.05, 4.69) is 10.3 Å². The lowest BCUT2D eigenvalue weighted by atomic mass is 10.3. The lowest BCUT2D eigenvalue weighted by molar-refractivity contribution is 0.186. The predicted octanol–water partition coefficient (Wildman–Crippen LogP) is 1.75. The van der Waals surface area contributed by atoms with E-state index in [4.69, 9.17) is 4.74 Å². The topological polar surface area (TPSA) is 59.4 Å². The van der Waals surface area contributed by atoms with Gasteiger partial charge in [0.1, 0.15) is 11.9 Å². The molecule has 2 heterocycles. The Bertz CT molecular complexity index is 585. The van der Waals surface area contributed by atoms with Crippen molar-refractivity contribution in [2.24, 2.45) is 0 Å². The van der Waals surface area contributed by atoms with Gasteiger partial charge in [-0.25, -0.2) is 9.78 Å². The number of hydrogen-bond donors (Lipinski definition) is 1. The number of hydrogen-bond acceptors (Lipinski definition) is 3. The first kappa shape index (κ1) is 14.4. The van der Waals surface area contributed by atoms with Crippen molar-refractivity contribution in [2.75, 3.05) is 19.6 Å². The molecule has 0 bridgehead atoms. The molecule has 1 aromatic carbocycles. The summed E-state index contributed by atoms with van der Waals surface area (Å²) >= 11 is 0. The predicted molar refractivity (Wildman–Crippen MR) is 82.7 cm³/mol. The molecule has 0 radical (unpaired) electrons. The minimum Gasteiger partial charge on any atom is -0.489 e. The number of nitrogens with one attached hydrogen (secondary N) is 1. The van der Waals surface area contributed by atoms with Crippen LogP contribution in [-0.4, -0.2) is 46.2 Å². The first-order valence-electron chi connectivity index (χ1n) is 7.51. The highest BCUT2D eigenvalue weighted by molar-refractivity contribution is 5.74. The fourth-order valence-corrected chi connectivity index (χ4v) is 2.52. The Labute approximate surface area is 129 Å². The number of carbonyl (C=O) groups excluding carboxylic acids is 1. The van der Waals surface area contributed by atoms with Gasteiger partial charge in [0.05, 0.1) is 12.9 Å². The zero-order chi connectivity index (χ0) is 15.2. The summed E-state index contributed by atoms with van der Waals surface area (Å²) in [6.45, 7) is 2.68. The monoisotopic (exact) mass is 300 g/mol. The SMILES string of the molecule is O=C(NCCn1ccnc1)N1CCC(Oc2ccccc2)C1. The molecule has 3 rings (SSSR count). The van der Waals surface area contributed by atoms with Crippen molar-refractivity contribution in [2.45, 2.75) is 19.1 Å². The van der Waals surface area contributed by atoms with Crippen LogP contribution in [0.3, 0.4) is 0 Å². The second kappa shape index (κ2) is 6.98. The van der Waals surface area contributed by atoms with Gasteiger partial charge in [0, 0.05) is 38.4 Å². The number of aromatic nitrogens is 2. The fourth-order valence-electron chi connectivity index (χ4n) is 2.52. The highest BCUT2D eigenvalue weighted by Crippen LogP contribution is 2.17. The fraction of sp³-hybridized carbons (Fsp3) is 0.375. The Kier molecular flexibility index (Phi) is 4.58. The van der Waals surface area contributed by atoms with Gasteiger partial charge in [-0.15, -0.1) is 0 Å². The molecule has 22 heavy (non-hydrogen) atoms. The number of rotatable bonds is 5. The van der Waals surface area contributed by atoms with Gasteiger partial charge in [0.2, 0.25) is 0 Å². The van der Waals surface area contributed by atoms with Crippen molar-refractivity contribution >= 4 is 6.03 Å². The summed E-state index contributed by atoms with van der Waals surface area (Å²) in [4.78, 5) is 17.9. The molecular formula is C16H20N4O2. The maximum absolute atomic E-state index is 12.1. The first-order chi connectivity index (χ1) is 10.8. The molecule has 116 valence electrons. The zero-order valence-corrected chi connectivity index (χ0v) is 12.4. The van der Waals surface area contributed by atoms with Crippen molar-refractivity contribution in [1.29, 1.82) is 0 Å². The molecule has 0 aliphatic carbocycles. The van der Waals surface area contributed by atoms with E-state index < -0.39 is 0 Å². The summed E-state index contributed by atoms with van der Waals surface area (Å²) in [5.41, 5.74) is 0. The third-order valence-corrected chi connectivity index (χ3v) is 3.68. The third-order valence-electron chi connectivity index (χ3n) is 3.68. The largest absolute Gasteiger partial charge is 0.489 e. The molecule has 1 atom stereocenters. The molecule has 0 saturated carbocycles. The number of likely N-dealkylation sites (tertiary alicyclic amines) is 1. The first-order valence-corrected chi connectivity index (χ1v) is 7.51. The molecule has 6 nitrogen and oxygen atoms in total. The summed E-state index contributed by atoms with van der Waals surface area (Å²) in [6, 6.07) is 9.71. The Morgan fingerprint density at radius 3 is 3.00 bits per heavy atom. The number of urea groups is 1. The Morgan fingerprint density at radius 1 is 1.36 bits per heavy atom. The zero-order valence-electron chi connectivity index (χ0n) is 12.4. The van der Waals surface area contributed by atoms with Crippen molar-refractivity contribution < 1.29 is 9.53 Å². The molecule has 2 aromatic rings. The molecule has 1 aromatic heterocycles. The van der Waals surface area contributed by atoms with Crippen LogP contribution in [-0.2, 0) is 6.54 Å². The molecule has 1 fully saturated rings. The summed E-state index contributed by atoms with van der Waals surface area (Å²) in [5.74, 6) is 0.856. The molecular weight excluding hydrogens is 280 g/mol. The molecule has 1 saturated heterocycles. The summed E-state index contributed by atoms with van der Waals surface area (Å²) in [7, 11) is 0. The molecule has 6 heteroatoms. The number of para-hydroxylation sites is 1. The van der Waals surface area contributed by atoms with Gasteiger partial charge in [-0.3, -0.25) is 0 Å². The highest BCUT2D eigenvalue weighted by atomic mass is 16.5. The van der Waals surface area contributed by atoms with Crippen LogP contribution >= 0.6 is 0 Å². The van der Waals surface area contributed by atoms with Gasteiger partial charge in [-0.1, -0.05) is 18.2 Å².